The summed E-state index contributed by atoms with van der Waals surface area (Å²) in [5, 5.41) is 21.6. The molecule has 1 saturated heterocycles. The second-order valence-corrected chi connectivity index (χ2v) is 15.6. The zero-order valence-electron chi connectivity index (χ0n) is 32.0. The van der Waals surface area contributed by atoms with Gasteiger partial charge in [-0.15, -0.1) is 0 Å². The van der Waals surface area contributed by atoms with Gasteiger partial charge < -0.3 is 42.7 Å². The molecule has 0 spiro atoms. The Hall–Kier alpha value is -4.33. The fourth-order valence-corrected chi connectivity index (χ4v) is 7.13. The predicted octanol–water partition coefficient (Wildman–Crippen LogP) is 2.36. The molecule has 296 valence electrons. The predicted molar refractivity (Wildman–Crippen MR) is 208 cm³/mol. The molecule has 13 heteroatoms. The van der Waals surface area contributed by atoms with Crippen LogP contribution >= 0.6 is 0 Å². The maximum absolute atomic E-state index is 14.0. The van der Waals surface area contributed by atoms with Crippen LogP contribution in [0.25, 0.3) is 0 Å². The first-order valence-corrected chi connectivity index (χ1v) is 19.6. The van der Waals surface area contributed by atoms with E-state index in [1.165, 1.54) is 5.56 Å². The Morgan fingerprint density at radius 2 is 1.39 bits per heavy atom. The van der Waals surface area contributed by atoms with E-state index in [2.05, 4.69) is 33.4 Å². The summed E-state index contributed by atoms with van der Waals surface area (Å²) in [5.74, 6) is -2.66. The molecule has 2 aromatic carbocycles. The Bertz CT molecular complexity index is 1530. The number of likely N-dealkylation sites (tertiary alicyclic amines) is 1. The Balaban J connectivity index is 1.43. The van der Waals surface area contributed by atoms with E-state index >= 15 is 0 Å². The number of hydrogen-bond donors (Lipinski definition) is 7. The minimum Gasteiger partial charge on any atom is -0.480 e. The molecule has 54 heavy (non-hydrogen) atoms. The number of nitrogens with zero attached hydrogens (tertiary/aromatic N) is 1. The second-order valence-electron chi connectivity index (χ2n) is 15.6. The van der Waals surface area contributed by atoms with Crippen molar-refractivity contribution in [1.82, 2.24) is 26.2 Å². The van der Waals surface area contributed by atoms with Crippen molar-refractivity contribution in [2.45, 2.75) is 114 Å². The molecule has 3 atom stereocenters. The van der Waals surface area contributed by atoms with Crippen LogP contribution in [0, 0.1) is 5.92 Å². The van der Waals surface area contributed by atoms with Crippen molar-refractivity contribution in [3.8, 4) is 0 Å². The first-order chi connectivity index (χ1) is 25.9. The number of benzene rings is 2. The molecule has 0 bridgehead atoms. The van der Waals surface area contributed by atoms with Gasteiger partial charge in [-0.1, -0.05) is 87.4 Å². The number of hydrogen-bond acceptors (Lipinski definition) is 8. The van der Waals surface area contributed by atoms with Crippen LogP contribution in [0.4, 0.5) is 0 Å². The maximum Gasteiger partial charge on any atom is 0.323 e. The summed E-state index contributed by atoms with van der Waals surface area (Å²) in [4.78, 5) is 68.3. The summed E-state index contributed by atoms with van der Waals surface area (Å²) >= 11 is 0. The zero-order valence-corrected chi connectivity index (χ0v) is 32.0. The third kappa shape index (κ3) is 12.6. The number of unbranched alkanes of at least 4 members (excludes halogenated alkanes) is 2. The van der Waals surface area contributed by atoms with Crippen molar-refractivity contribution in [1.29, 1.82) is 0 Å². The standard InChI is InChI=1S/C41H61N7O6/c1-29(2)26-34(37(51)46-33(16-10-5-11-23-42)38(52)48-24-21-41(43,22-25-48)39(53)54)47-36(50)32(18-17-30-12-6-3-7-13-30)45-35(49)27-44-28-40(19-20-40)31-14-8-4-9-15-31/h3-4,6-9,12-15,29,32-34,44H,5,10-11,16-28,42-43H2,1-2H3,(H,45,49)(H,46,51)(H,47,50)(H,53,54)/t32-,33-,34-/m1/s1. The summed E-state index contributed by atoms with van der Waals surface area (Å²) in [6.45, 7) is 5.42. The Morgan fingerprint density at radius 3 is 1.98 bits per heavy atom. The Kier molecular flexibility index (Phi) is 16.0. The van der Waals surface area contributed by atoms with Gasteiger partial charge in [-0.25, -0.2) is 0 Å². The van der Waals surface area contributed by atoms with E-state index in [4.69, 9.17) is 11.5 Å². The largest absolute Gasteiger partial charge is 0.480 e. The van der Waals surface area contributed by atoms with Crippen LogP contribution in [-0.2, 0) is 35.8 Å². The smallest absolute Gasteiger partial charge is 0.323 e. The molecule has 0 unspecified atom stereocenters. The fourth-order valence-electron chi connectivity index (χ4n) is 7.13. The highest BCUT2D eigenvalue weighted by atomic mass is 16.4. The number of amides is 4. The van der Waals surface area contributed by atoms with Gasteiger partial charge in [0.25, 0.3) is 0 Å². The van der Waals surface area contributed by atoms with Crippen LogP contribution in [0.1, 0.15) is 89.2 Å². The summed E-state index contributed by atoms with van der Waals surface area (Å²) in [5.41, 5.74) is 12.6. The molecule has 9 N–H and O–H groups in total. The van der Waals surface area contributed by atoms with E-state index in [0.717, 1.165) is 31.2 Å². The lowest BCUT2D eigenvalue weighted by Crippen LogP contribution is -2.60. The highest BCUT2D eigenvalue weighted by Gasteiger charge is 2.44. The SMILES string of the molecule is CC(C)C[C@@H](NC(=O)[C@@H](CCc1ccccc1)NC(=O)CNCC1(c2ccccc2)CC1)C(=O)N[C@H](CCCCCN)C(=O)N1CCC(N)(C(=O)O)CC1. The molecule has 13 nitrogen and oxygen atoms in total. The maximum atomic E-state index is 14.0. The van der Waals surface area contributed by atoms with Crippen molar-refractivity contribution in [2.75, 3.05) is 32.7 Å². The summed E-state index contributed by atoms with van der Waals surface area (Å²) in [6, 6.07) is 17.2. The van der Waals surface area contributed by atoms with Crippen LogP contribution in [0.2, 0.25) is 0 Å². The van der Waals surface area contributed by atoms with E-state index in [1.54, 1.807) is 4.90 Å². The van der Waals surface area contributed by atoms with Crippen LogP contribution in [-0.4, -0.2) is 96.0 Å². The molecule has 1 aliphatic carbocycles. The molecule has 0 aromatic heterocycles. The van der Waals surface area contributed by atoms with Crippen molar-refractivity contribution in [2.24, 2.45) is 17.4 Å². The Morgan fingerprint density at radius 1 is 0.778 bits per heavy atom. The van der Waals surface area contributed by atoms with Gasteiger partial charge in [-0.2, -0.15) is 0 Å². The number of carbonyl (C=O) groups is 5. The molecule has 1 aliphatic heterocycles. The number of carboxylic acid groups (broad SMARTS) is 1. The average molecular weight is 748 g/mol. The molecule has 1 heterocycles. The Labute approximate surface area is 319 Å². The normalized spacial score (nSPS) is 17.5. The summed E-state index contributed by atoms with van der Waals surface area (Å²) in [7, 11) is 0. The van der Waals surface area contributed by atoms with Crippen molar-refractivity contribution >= 4 is 29.6 Å². The highest BCUT2D eigenvalue weighted by molar-refractivity contribution is 5.94. The van der Waals surface area contributed by atoms with Gasteiger partial charge in [0.15, 0.2) is 0 Å². The number of carbonyl (C=O) groups excluding carboxylic acids is 4. The van der Waals surface area contributed by atoms with E-state index in [9.17, 15) is 29.1 Å². The minimum absolute atomic E-state index is 0.0220. The fraction of sp³-hybridized carbons (Fsp3) is 0.585. The van der Waals surface area contributed by atoms with Gasteiger partial charge in [0.05, 0.1) is 6.54 Å². The molecule has 0 radical (unpaired) electrons. The average Bonchev–Trinajstić information content (AvgIpc) is 3.95. The van der Waals surface area contributed by atoms with Crippen LogP contribution in [0.15, 0.2) is 60.7 Å². The number of aryl methyl sites for hydroxylation is 1. The van der Waals surface area contributed by atoms with Gasteiger partial charge in [0.2, 0.25) is 23.6 Å². The lowest BCUT2D eigenvalue weighted by Gasteiger charge is -2.38. The lowest BCUT2D eigenvalue weighted by molar-refractivity contribution is -0.148. The first-order valence-electron chi connectivity index (χ1n) is 19.6. The highest BCUT2D eigenvalue weighted by Crippen LogP contribution is 2.47. The van der Waals surface area contributed by atoms with Gasteiger partial charge in [0, 0.05) is 25.0 Å². The molecule has 2 aliphatic rings. The van der Waals surface area contributed by atoms with Gasteiger partial charge in [0.1, 0.15) is 23.7 Å². The third-order valence-corrected chi connectivity index (χ3v) is 10.7. The minimum atomic E-state index is -1.40. The van der Waals surface area contributed by atoms with Gasteiger partial charge >= 0.3 is 5.97 Å². The first kappa shape index (κ1) is 42.4. The monoisotopic (exact) mass is 747 g/mol. The van der Waals surface area contributed by atoms with Gasteiger partial charge in [-0.3, -0.25) is 24.0 Å². The number of nitrogens with two attached hydrogens (primary N) is 2. The van der Waals surface area contributed by atoms with E-state index in [0.29, 0.717) is 45.2 Å². The topological polar surface area (TPSA) is 209 Å². The van der Waals surface area contributed by atoms with Crippen molar-refractivity contribution in [3.63, 3.8) is 0 Å². The number of piperidine rings is 1. The molecule has 4 amide bonds. The number of rotatable bonds is 22. The molecule has 1 saturated carbocycles. The van der Waals surface area contributed by atoms with Crippen LogP contribution < -0.4 is 32.7 Å². The van der Waals surface area contributed by atoms with E-state index in [1.807, 2.05) is 62.4 Å². The molecular formula is C41H61N7O6. The number of aliphatic carboxylic acids is 1. The van der Waals surface area contributed by atoms with Crippen molar-refractivity contribution < 1.29 is 29.1 Å². The van der Waals surface area contributed by atoms with E-state index in [-0.39, 0.29) is 55.6 Å². The second kappa shape index (κ2) is 20.4. The summed E-state index contributed by atoms with van der Waals surface area (Å²) < 4.78 is 0. The third-order valence-electron chi connectivity index (χ3n) is 10.7. The van der Waals surface area contributed by atoms with Crippen LogP contribution in [0.5, 0.6) is 0 Å². The van der Waals surface area contributed by atoms with E-state index < -0.39 is 41.4 Å². The quantitative estimate of drug-likeness (QED) is 0.0881. The lowest BCUT2D eigenvalue weighted by atomic mass is 9.88. The number of nitrogens with one attached hydrogen (secondary N) is 4. The van der Waals surface area contributed by atoms with Gasteiger partial charge in [-0.05, 0) is 81.4 Å². The zero-order chi connectivity index (χ0) is 39.1. The molecule has 2 aromatic rings. The number of carboxylic acids is 1. The molecular weight excluding hydrogens is 686 g/mol. The summed E-state index contributed by atoms with van der Waals surface area (Å²) in [6.07, 6.45) is 6.03. The molecule has 4 rings (SSSR count). The van der Waals surface area contributed by atoms with Crippen LogP contribution in [0.3, 0.4) is 0 Å². The van der Waals surface area contributed by atoms with Crippen molar-refractivity contribution in [3.05, 3.63) is 71.8 Å². The molecule has 2 fully saturated rings.